The summed E-state index contributed by atoms with van der Waals surface area (Å²) in [5.41, 5.74) is 0.461. The number of nitrogens with zero attached hydrogens (tertiary/aromatic N) is 2. The van der Waals surface area contributed by atoms with Gasteiger partial charge in [0.1, 0.15) is 5.15 Å². The van der Waals surface area contributed by atoms with Gasteiger partial charge in [-0.1, -0.05) is 25.4 Å². The van der Waals surface area contributed by atoms with Crippen LogP contribution in [-0.4, -0.2) is 28.9 Å². The van der Waals surface area contributed by atoms with Crippen molar-refractivity contribution in [2.24, 2.45) is 0 Å². The molecule has 0 atom stereocenters. The molecular weight excluding hydrogens is 304 g/mol. The average molecular weight is 320 g/mol. The first kappa shape index (κ1) is 14.5. The molecule has 5 heteroatoms. The highest BCUT2D eigenvalue weighted by molar-refractivity contribution is 9.10. The van der Waals surface area contributed by atoms with Gasteiger partial charge in [-0.15, -0.1) is 0 Å². The molecule has 0 spiro atoms. The lowest BCUT2D eigenvalue weighted by Crippen LogP contribution is -2.32. The Hall–Kier alpha value is -0.610. The molecule has 0 aliphatic heterocycles. The number of carbonyl (C=O) groups excluding carboxylic acids is 1. The molecule has 94 valence electrons. The molecule has 0 unspecified atom stereocenters. The van der Waals surface area contributed by atoms with Gasteiger partial charge in [0.15, 0.2) is 0 Å². The van der Waals surface area contributed by atoms with Crippen LogP contribution in [0.2, 0.25) is 5.15 Å². The summed E-state index contributed by atoms with van der Waals surface area (Å²) >= 11 is 9.26. The van der Waals surface area contributed by atoms with Gasteiger partial charge in [0.2, 0.25) is 0 Å². The van der Waals surface area contributed by atoms with E-state index in [0.29, 0.717) is 5.56 Å². The molecule has 0 bridgehead atoms. The normalized spacial score (nSPS) is 10.4. The zero-order valence-corrected chi connectivity index (χ0v) is 12.4. The topological polar surface area (TPSA) is 33.2 Å². The summed E-state index contributed by atoms with van der Waals surface area (Å²) in [4.78, 5) is 18.1. The Kier molecular flexibility index (Phi) is 5.92. The van der Waals surface area contributed by atoms with E-state index in [0.717, 1.165) is 30.4 Å². The van der Waals surface area contributed by atoms with Crippen LogP contribution in [0.4, 0.5) is 0 Å². The van der Waals surface area contributed by atoms with Crippen LogP contribution in [0.1, 0.15) is 37.0 Å². The van der Waals surface area contributed by atoms with Gasteiger partial charge in [0.05, 0.1) is 5.56 Å². The zero-order chi connectivity index (χ0) is 12.8. The van der Waals surface area contributed by atoms with Crippen molar-refractivity contribution in [1.82, 2.24) is 9.88 Å². The number of hydrogen-bond donors (Lipinski definition) is 0. The Morgan fingerprint density at radius 2 is 2.00 bits per heavy atom. The quantitative estimate of drug-likeness (QED) is 0.774. The smallest absolute Gasteiger partial charge is 0.257 e. The lowest BCUT2D eigenvalue weighted by Gasteiger charge is -2.21. The molecule has 0 aliphatic carbocycles. The number of hydrogen-bond acceptors (Lipinski definition) is 2. The first-order valence-corrected chi connectivity index (χ1v) is 6.87. The molecule has 1 amide bonds. The minimum Gasteiger partial charge on any atom is -0.339 e. The third-order valence-electron chi connectivity index (χ3n) is 2.31. The van der Waals surface area contributed by atoms with Crippen molar-refractivity contribution in [1.29, 1.82) is 0 Å². The Balaban J connectivity index is 2.95. The maximum atomic E-state index is 12.3. The number of carbonyl (C=O) groups is 1. The van der Waals surface area contributed by atoms with E-state index in [9.17, 15) is 4.79 Å². The molecule has 3 nitrogen and oxygen atoms in total. The van der Waals surface area contributed by atoms with Gasteiger partial charge >= 0.3 is 0 Å². The second-order valence-electron chi connectivity index (χ2n) is 3.78. The van der Waals surface area contributed by atoms with Crippen molar-refractivity contribution in [3.05, 3.63) is 27.5 Å². The van der Waals surface area contributed by atoms with Crippen molar-refractivity contribution < 1.29 is 4.79 Å². The van der Waals surface area contributed by atoms with Crippen LogP contribution in [0.25, 0.3) is 0 Å². The summed E-state index contributed by atoms with van der Waals surface area (Å²) in [5.74, 6) is -0.0486. The van der Waals surface area contributed by atoms with Crippen LogP contribution in [0.5, 0.6) is 0 Å². The Morgan fingerprint density at radius 1 is 1.41 bits per heavy atom. The number of aromatic nitrogens is 1. The van der Waals surface area contributed by atoms with E-state index in [2.05, 4.69) is 34.8 Å². The molecule has 0 radical (unpaired) electrons. The summed E-state index contributed by atoms with van der Waals surface area (Å²) in [6, 6.07) is 1.72. The number of amides is 1. The molecule has 0 aromatic carbocycles. The Labute approximate surface area is 115 Å². The summed E-state index contributed by atoms with van der Waals surface area (Å²) in [6.45, 7) is 5.60. The molecule has 1 rings (SSSR count). The van der Waals surface area contributed by atoms with E-state index < -0.39 is 0 Å². The van der Waals surface area contributed by atoms with Gasteiger partial charge < -0.3 is 4.90 Å². The van der Waals surface area contributed by atoms with Crippen molar-refractivity contribution in [2.45, 2.75) is 26.7 Å². The van der Waals surface area contributed by atoms with Crippen LogP contribution in [0, 0.1) is 0 Å². The summed E-state index contributed by atoms with van der Waals surface area (Å²) in [5, 5.41) is 0.260. The van der Waals surface area contributed by atoms with E-state index in [1.165, 1.54) is 0 Å². The highest BCUT2D eigenvalue weighted by Crippen LogP contribution is 2.20. The van der Waals surface area contributed by atoms with E-state index in [1.54, 1.807) is 12.3 Å². The van der Waals surface area contributed by atoms with E-state index >= 15 is 0 Å². The van der Waals surface area contributed by atoms with Crippen molar-refractivity contribution in [3.63, 3.8) is 0 Å². The molecule has 1 aromatic heterocycles. The Bertz CT molecular complexity index is 392. The van der Waals surface area contributed by atoms with E-state index in [-0.39, 0.29) is 11.1 Å². The molecule has 0 aliphatic rings. The minimum absolute atomic E-state index is 0.0486. The third kappa shape index (κ3) is 3.96. The van der Waals surface area contributed by atoms with Crippen LogP contribution in [0.15, 0.2) is 16.7 Å². The highest BCUT2D eigenvalue weighted by atomic mass is 79.9. The Morgan fingerprint density at radius 3 is 2.53 bits per heavy atom. The second-order valence-corrected chi connectivity index (χ2v) is 5.06. The highest BCUT2D eigenvalue weighted by Gasteiger charge is 2.18. The molecule has 1 aromatic rings. The lowest BCUT2D eigenvalue weighted by molar-refractivity contribution is 0.0755. The molecule has 0 N–H and O–H groups in total. The van der Waals surface area contributed by atoms with Crippen LogP contribution >= 0.6 is 27.5 Å². The second kappa shape index (κ2) is 6.97. The largest absolute Gasteiger partial charge is 0.339 e. The third-order valence-corrected chi connectivity index (χ3v) is 3.05. The maximum Gasteiger partial charge on any atom is 0.257 e. The van der Waals surface area contributed by atoms with Gasteiger partial charge in [-0.05, 0) is 34.8 Å². The fourth-order valence-electron chi connectivity index (χ4n) is 1.60. The molecule has 0 saturated carbocycles. The molecular formula is C12H16BrClN2O. The monoisotopic (exact) mass is 318 g/mol. The van der Waals surface area contributed by atoms with E-state index in [1.807, 2.05) is 4.90 Å². The number of pyridine rings is 1. The molecule has 17 heavy (non-hydrogen) atoms. The van der Waals surface area contributed by atoms with Crippen LogP contribution in [-0.2, 0) is 0 Å². The van der Waals surface area contributed by atoms with Gasteiger partial charge in [0.25, 0.3) is 5.91 Å². The molecule has 0 saturated heterocycles. The first-order chi connectivity index (χ1) is 8.10. The summed E-state index contributed by atoms with van der Waals surface area (Å²) in [6.07, 6.45) is 3.46. The van der Waals surface area contributed by atoms with Crippen LogP contribution < -0.4 is 0 Å². The summed E-state index contributed by atoms with van der Waals surface area (Å²) in [7, 11) is 0. The standard InChI is InChI=1S/C12H16BrClN2O/c1-3-5-16(6-4-2)12(17)10-7-9(13)8-15-11(10)14/h7-8H,3-6H2,1-2H3. The van der Waals surface area contributed by atoms with Gasteiger partial charge in [-0.3, -0.25) is 4.79 Å². The lowest BCUT2D eigenvalue weighted by atomic mass is 10.2. The summed E-state index contributed by atoms with van der Waals surface area (Å²) < 4.78 is 0.762. The fourth-order valence-corrected chi connectivity index (χ4v) is 2.11. The van der Waals surface area contributed by atoms with Crippen molar-refractivity contribution in [3.8, 4) is 0 Å². The van der Waals surface area contributed by atoms with Crippen LogP contribution in [0.3, 0.4) is 0 Å². The van der Waals surface area contributed by atoms with Crippen molar-refractivity contribution in [2.75, 3.05) is 13.1 Å². The fraction of sp³-hybridized carbons (Fsp3) is 0.500. The van der Waals surface area contributed by atoms with E-state index in [4.69, 9.17) is 11.6 Å². The predicted molar refractivity (Wildman–Crippen MR) is 73.4 cm³/mol. The zero-order valence-electron chi connectivity index (χ0n) is 10.0. The van der Waals surface area contributed by atoms with Gasteiger partial charge in [0, 0.05) is 23.8 Å². The number of halogens is 2. The predicted octanol–water partition coefficient (Wildman–Crippen LogP) is 3.76. The first-order valence-electron chi connectivity index (χ1n) is 5.70. The average Bonchev–Trinajstić information content (AvgIpc) is 2.31. The molecule has 0 fully saturated rings. The SMILES string of the molecule is CCCN(CCC)C(=O)c1cc(Br)cnc1Cl. The molecule has 1 heterocycles. The number of rotatable bonds is 5. The van der Waals surface area contributed by atoms with Crippen molar-refractivity contribution >= 4 is 33.4 Å². The van der Waals surface area contributed by atoms with Gasteiger partial charge in [-0.25, -0.2) is 4.98 Å². The minimum atomic E-state index is -0.0486. The maximum absolute atomic E-state index is 12.3. The van der Waals surface area contributed by atoms with Gasteiger partial charge in [-0.2, -0.15) is 0 Å².